The molecule has 0 radical (unpaired) electrons. The molecule has 0 bridgehead atoms. The van der Waals surface area contributed by atoms with Crippen molar-refractivity contribution in [1.29, 1.82) is 0 Å². The SMILES string of the molecule is Cl.O=C(CCCC(=O)NCCCCCCNc1c2ccccc2nc2ccccc12)NCCCCCCNc1c2ccccc2nc2ccccc12. The number of fused-ring (bicyclic) bond motifs is 4. The summed E-state index contributed by atoms with van der Waals surface area (Å²) >= 11 is 0. The van der Waals surface area contributed by atoms with Gasteiger partial charge in [-0.05, 0) is 56.4 Å². The number of benzene rings is 4. The highest BCUT2D eigenvalue weighted by molar-refractivity contribution is 6.08. The third-order valence-electron chi connectivity index (χ3n) is 9.44. The molecule has 2 amide bonds. The Morgan fingerprint density at radius 2 is 0.712 bits per heavy atom. The number of amides is 2. The third-order valence-corrected chi connectivity index (χ3v) is 9.44. The van der Waals surface area contributed by atoms with Gasteiger partial charge in [0.15, 0.2) is 0 Å². The van der Waals surface area contributed by atoms with E-state index in [1.54, 1.807) is 0 Å². The van der Waals surface area contributed by atoms with Crippen LogP contribution in [0.5, 0.6) is 0 Å². The highest BCUT2D eigenvalue weighted by Gasteiger charge is 2.10. The second-order valence-electron chi connectivity index (χ2n) is 13.3. The molecular formula is C43H51ClN6O2. The van der Waals surface area contributed by atoms with Crippen molar-refractivity contribution >= 4 is 79.2 Å². The number of halogens is 1. The first kappa shape index (κ1) is 38.3. The van der Waals surface area contributed by atoms with Crippen LogP contribution in [0.3, 0.4) is 0 Å². The molecule has 0 saturated carbocycles. The van der Waals surface area contributed by atoms with Gasteiger partial charge in [-0.25, -0.2) is 9.97 Å². The molecule has 0 aliphatic carbocycles. The zero-order chi connectivity index (χ0) is 35.1. The number of para-hydroxylation sites is 4. The van der Waals surface area contributed by atoms with Crippen LogP contribution in [0, 0.1) is 0 Å². The first-order chi connectivity index (χ1) is 25.2. The van der Waals surface area contributed by atoms with Crippen molar-refractivity contribution in [2.24, 2.45) is 0 Å². The fourth-order valence-corrected chi connectivity index (χ4v) is 6.74. The van der Waals surface area contributed by atoms with Crippen molar-refractivity contribution < 1.29 is 9.59 Å². The Morgan fingerprint density at radius 1 is 0.404 bits per heavy atom. The summed E-state index contributed by atoms with van der Waals surface area (Å²) in [7, 11) is 0. The predicted octanol–water partition coefficient (Wildman–Crippen LogP) is 9.56. The second-order valence-corrected chi connectivity index (χ2v) is 13.3. The summed E-state index contributed by atoms with van der Waals surface area (Å²) in [6, 6.07) is 33.1. The van der Waals surface area contributed by atoms with Gasteiger partial charge in [0.25, 0.3) is 0 Å². The van der Waals surface area contributed by atoms with Crippen molar-refractivity contribution in [3.8, 4) is 0 Å². The fourth-order valence-electron chi connectivity index (χ4n) is 6.74. The van der Waals surface area contributed by atoms with Crippen LogP contribution in [0.15, 0.2) is 97.1 Å². The van der Waals surface area contributed by atoms with Gasteiger partial charge in [-0.1, -0.05) is 98.5 Å². The summed E-state index contributed by atoms with van der Waals surface area (Å²) in [5, 5.41) is 18.0. The average Bonchev–Trinajstić information content (AvgIpc) is 3.16. The molecule has 0 saturated heterocycles. The largest absolute Gasteiger partial charge is 0.384 e. The fraction of sp³-hybridized carbons (Fsp3) is 0.349. The minimum atomic E-state index is 0. The van der Waals surface area contributed by atoms with Crippen LogP contribution in [-0.4, -0.2) is 48.0 Å². The lowest BCUT2D eigenvalue weighted by Gasteiger charge is -2.13. The molecule has 0 atom stereocenters. The maximum atomic E-state index is 12.3. The molecule has 4 aromatic carbocycles. The molecule has 0 spiro atoms. The molecular weight excluding hydrogens is 668 g/mol. The summed E-state index contributed by atoms with van der Waals surface area (Å²) in [4.78, 5) is 34.1. The Kier molecular flexibility index (Phi) is 14.9. The average molecular weight is 719 g/mol. The molecule has 9 heteroatoms. The molecule has 4 N–H and O–H groups in total. The predicted molar refractivity (Wildman–Crippen MR) is 220 cm³/mol. The Bertz CT molecular complexity index is 1810. The molecule has 0 fully saturated rings. The highest BCUT2D eigenvalue weighted by atomic mass is 35.5. The van der Waals surface area contributed by atoms with Crippen molar-refractivity contribution in [3.05, 3.63) is 97.1 Å². The van der Waals surface area contributed by atoms with Crippen LogP contribution in [-0.2, 0) is 9.59 Å². The van der Waals surface area contributed by atoms with E-state index < -0.39 is 0 Å². The number of hydrogen-bond donors (Lipinski definition) is 4. The number of hydrogen-bond acceptors (Lipinski definition) is 6. The molecule has 0 aliphatic rings. The quantitative estimate of drug-likeness (QED) is 0.0463. The van der Waals surface area contributed by atoms with E-state index in [2.05, 4.69) is 94.1 Å². The number of rotatable bonds is 20. The monoisotopic (exact) mass is 718 g/mol. The number of carbonyl (C=O) groups is 2. The summed E-state index contributed by atoms with van der Waals surface area (Å²) in [5.41, 5.74) is 6.33. The van der Waals surface area contributed by atoms with Gasteiger partial charge < -0.3 is 21.3 Å². The normalized spacial score (nSPS) is 11.1. The van der Waals surface area contributed by atoms with E-state index in [0.29, 0.717) is 32.4 Å². The van der Waals surface area contributed by atoms with E-state index >= 15 is 0 Å². The number of nitrogens with zero attached hydrogens (tertiary/aromatic N) is 2. The van der Waals surface area contributed by atoms with Crippen LogP contribution in [0.2, 0.25) is 0 Å². The zero-order valence-electron chi connectivity index (χ0n) is 30.0. The molecule has 0 aliphatic heterocycles. The van der Waals surface area contributed by atoms with Crippen LogP contribution < -0.4 is 21.3 Å². The van der Waals surface area contributed by atoms with E-state index in [-0.39, 0.29) is 24.2 Å². The first-order valence-electron chi connectivity index (χ1n) is 18.7. The smallest absolute Gasteiger partial charge is 0.220 e. The van der Waals surface area contributed by atoms with E-state index in [9.17, 15) is 9.59 Å². The lowest BCUT2D eigenvalue weighted by Crippen LogP contribution is -2.26. The van der Waals surface area contributed by atoms with Gasteiger partial charge in [0, 0.05) is 60.6 Å². The lowest BCUT2D eigenvalue weighted by atomic mass is 10.1. The Balaban J connectivity index is 0.00000523. The summed E-state index contributed by atoms with van der Waals surface area (Å²) in [6.07, 6.45) is 9.73. The molecule has 2 heterocycles. The van der Waals surface area contributed by atoms with Gasteiger partial charge in [-0.3, -0.25) is 9.59 Å². The molecule has 8 nitrogen and oxygen atoms in total. The van der Waals surface area contributed by atoms with E-state index in [1.165, 1.54) is 0 Å². The van der Waals surface area contributed by atoms with E-state index in [1.807, 2.05) is 24.3 Å². The second kappa shape index (κ2) is 20.2. The van der Waals surface area contributed by atoms with Gasteiger partial charge in [-0.15, -0.1) is 12.4 Å². The van der Waals surface area contributed by atoms with Crippen molar-refractivity contribution in [3.63, 3.8) is 0 Å². The topological polar surface area (TPSA) is 108 Å². The molecule has 6 rings (SSSR count). The van der Waals surface area contributed by atoms with Crippen LogP contribution in [0.25, 0.3) is 43.6 Å². The van der Waals surface area contributed by atoms with Crippen molar-refractivity contribution in [1.82, 2.24) is 20.6 Å². The van der Waals surface area contributed by atoms with Gasteiger partial charge in [0.2, 0.25) is 11.8 Å². The molecule has 6 aromatic rings. The summed E-state index contributed by atoms with van der Waals surface area (Å²) in [5.74, 6) is 0.0598. The number of carbonyl (C=O) groups excluding carboxylic acids is 2. The van der Waals surface area contributed by atoms with E-state index in [4.69, 9.17) is 9.97 Å². The van der Waals surface area contributed by atoms with Crippen LogP contribution in [0.1, 0.15) is 70.6 Å². The molecule has 0 unspecified atom stereocenters. The van der Waals surface area contributed by atoms with Crippen molar-refractivity contribution in [2.45, 2.75) is 70.6 Å². The van der Waals surface area contributed by atoms with E-state index in [0.717, 1.165) is 119 Å². The summed E-state index contributed by atoms with van der Waals surface area (Å²) < 4.78 is 0. The third kappa shape index (κ3) is 10.5. The Hall–Kier alpha value is -4.95. The maximum Gasteiger partial charge on any atom is 0.220 e. The number of anilines is 2. The molecule has 2 aromatic heterocycles. The minimum Gasteiger partial charge on any atom is -0.384 e. The van der Waals surface area contributed by atoms with Gasteiger partial charge in [-0.2, -0.15) is 0 Å². The number of nitrogens with one attached hydrogen (secondary N) is 4. The number of aromatic nitrogens is 2. The van der Waals surface area contributed by atoms with Gasteiger partial charge in [0.1, 0.15) is 0 Å². The first-order valence-corrected chi connectivity index (χ1v) is 18.7. The van der Waals surface area contributed by atoms with Crippen LogP contribution >= 0.6 is 12.4 Å². The molecule has 272 valence electrons. The standard InChI is InChI=1S/C43H50N6O2.ClH/c50-40(44-28-13-1-3-15-30-46-42-32-18-5-9-22-36(32)48-37-23-10-6-19-33(37)42)26-17-27-41(51)45-29-14-2-4-16-31-47-43-34-20-7-11-24-38(34)49-39-25-12-8-21-35(39)43;/h5-12,18-25H,1-4,13-17,26-31H2,(H,44,50)(H,45,51)(H,46,48)(H,47,49);1H. The maximum absolute atomic E-state index is 12.3. The lowest BCUT2D eigenvalue weighted by molar-refractivity contribution is -0.122. The summed E-state index contributed by atoms with van der Waals surface area (Å²) in [6.45, 7) is 3.16. The Morgan fingerprint density at radius 3 is 1.06 bits per heavy atom. The minimum absolute atomic E-state index is 0. The zero-order valence-corrected chi connectivity index (χ0v) is 30.8. The van der Waals surface area contributed by atoms with Crippen molar-refractivity contribution in [2.75, 3.05) is 36.8 Å². The number of unbranched alkanes of at least 4 members (excludes halogenated alkanes) is 6. The van der Waals surface area contributed by atoms with Gasteiger partial charge >= 0.3 is 0 Å². The Labute approximate surface area is 313 Å². The van der Waals surface area contributed by atoms with Gasteiger partial charge in [0.05, 0.1) is 33.4 Å². The van der Waals surface area contributed by atoms with Crippen LogP contribution in [0.4, 0.5) is 11.4 Å². The molecule has 52 heavy (non-hydrogen) atoms. The highest BCUT2D eigenvalue weighted by Crippen LogP contribution is 2.32. The number of pyridine rings is 2.